The Hall–Kier alpha value is -2.15. The number of hydrogen-bond acceptors (Lipinski definition) is 2. The summed E-state index contributed by atoms with van der Waals surface area (Å²) in [6.07, 6.45) is 1.95. The van der Waals surface area contributed by atoms with Crippen LogP contribution in [0, 0.1) is 5.82 Å². The molecule has 3 aromatic rings. The van der Waals surface area contributed by atoms with Crippen LogP contribution < -0.4 is 0 Å². The van der Waals surface area contributed by atoms with E-state index in [0.717, 1.165) is 17.3 Å². The normalized spacial score (nSPS) is 17.8. The van der Waals surface area contributed by atoms with Crippen LogP contribution in [-0.4, -0.2) is 23.8 Å². The van der Waals surface area contributed by atoms with E-state index in [1.54, 1.807) is 0 Å². The zero-order valence-electron chi connectivity index (χ0n) is 13.7. The topological polar surface area (TPSA) is 42.3 Å². The number of sulfonamides is 1. The van der Waals surface area contributed by atoms with Gasteiger partial charge in [-0.05, 0) is 35.9 Å². The first kappa shape index (κ1) is 17.3. The lowest BCUT2D eigenvalue weighted by Gasteiger charge is -2.36. The highest BCUT2D eigenvalue weighted by Crippen LogP contribution is 2.36. The number of halogens is 2. The Morgan fingerprint density at radius 1 is 1.00 bits per heavy atom. The third-order valence-corrected chi connectivity index (χ3v) is 6.76. The molecule has 4 rings (SSSR count). The predicted molar refractivity (Wildman–Crippen MR) is 98.0 cm³/mol. The summed E-state index contributed by atoms with van der Waals surface area (Å²) in [6.45, 7) is 0.873. The molecule has 0 bridgehead atoms. The number of nitrogens with zero attached hydrogens (tertiary/aromatic N) is 2. The molecule has 0 amide bonds. The lowest BCUT2D eigenvalue weighted by atomic mass is 10.0. The number of rotatable bonds is 3. The second-order valence-electron chi connectivity index (χ2n) is 6.13. The van der Waals surface area contributed by atoms with E-state index in [0.29, 0.717) is 13.1 Å². The van der Waals surface area contributed by atoms with Crippen molar-refractivity contribution in [3.05, 3.63) is 89.0 Å². The molecule has 2 aromatic carbocycles. The van der Waals surface area contributed by atoms with E-state index in [4.69, 9.17) is 11.6 Å². The molecule has 2 heterocycles. The summed E-state index contributed by atoms with van der Waals surface area (Å²) in [7, 11) is -3.85. The van der Waals surface area contributed by atoms with Crippen LogP contribution in [0.2, 0.25) is 5.02 Å². The third-order valence-electron chi connectivity index (χ3n) is 4.61. The van der Waals surface area contributed by atoms with Gasteiger partial charge < -0.3 is 4.57 Å². The fourth-order valence-electron chi connectivity index (χ4n) is 3.37. The van der Waals surface area contributed by atoms with Crippen molar-refractivity contribution in [2.75, 3.05) is 6.54 Å². The second-order valence-corrected chi connectivity index (χ2v) is 8.43. The summed E-state index contributed by atoms with van der Waals surface area (Å²) in [6, 6.07) is 16.4. The van der Waals surface area contributed by atoms with Gasteiger partial charge in [-0.1, -0.05) is 41.9 Å². The quantitative estimate of drug-likeness (QED) is 0.676. The van der Waals surface area contributed by atoms with Crippen molar-refractivity contribution in [3.8, 4) is 0 Å². The Labute approximate surface area is 156 Å². The highest BCUT2D eigenvalue weighted by Gasteiger charge is 2.37. The molecule has 1 aromatic heterocycles. The zero-order valence-corrected chi connectivity index (χ0v) is 15.3. The van der Waals surface area contributed by atoms with Gasteiger partial charge in [0.25, 0.3) is 0 Å². The molecule has 0 aliphatic carbocycles. The summed E-state index contributed by atoms with van der Waals surface area (Å²) in [5, 5.41) is -0.206. The fraction of sp³-hybridized carbons (Fsp3) is 0.158. The third kappa shape index (κ3) is 2.84. The number of aromatic nitrogens is 1. The number of benzene rings is 2. The summed E-state index contributed by atoms with van der Waals surface area (Å²) in [4.78, 5) is -0.00941. The van der Waals surface area contributed by atoms with Gasteiger partial charge in [0.2, 0.25) is 10.0 Å². The first-order valence-electron chi connectivity index (χ1n) is 8.15. The summed E-state index contributed by atoms with van der Waals surface area (Å²) >= 11 is 5.81. The predicted octanol–water partition coefficient (Wildman–Crippen LogP) is 4.07. The lowest BCUT2D eigenvalue weighted by molar-refractivity contribution is 0.298. The average Bonchev–Trinajstić information content (AvgIpc) is 3.12. The molecule has 0 saturated heterocycles. The van der Waals surface area contributed by atoms with Crippen LogP contribution in [0.4, 0.5) is 4.39 Å². The van der Waals surface area contributed by atoms with E-state index >= 15 is 0 Å². The Morgan fingerprint density at radius 3 is 2.50 bits per heavy atom. The van der Waals surface area contributed by atoms with Crippen LogP contribution in [0.1, 0.15) is 17.3 Å². The number of hydrogen-bond donors (Lipinski definition) is 0. The Bertz CT molecular complexity index is 1050. The lowest BCUT2D eigenvalue weighted by Crippen LogP contribution is -2.42. The van der Waals surface area contributed by atoms with E-state index in [-0.39, 0.29) is 9.92 Å². The molecular weight excluding hydrogens is 375 g/mol. The molecule has 7 heteroatoms. The number of fused-ring (bicyclic) bond motifs is 1. The van der Waals surface area contributed by atoms with E-state index in [1.807, 2.05) is 48.7 Å². The SMILES string of the molecule is O=S(=O)(c1ccc(F)c(Cl)c1)N1CCn2cccc2C1c1ccccc1. The van der Waals surface area contributed by atoms with Crippen molar-refractivity contribution in [1.82, 2.24) is 8.87 Å². The van der Waals surface area contributed by atoms with Crippen molar-refractivity contribution in [1.29, 1.82) is 0 Å². The van der Waals surface area contributed by atoms with Gasteiger partial charge in [-0.2, -0.15) is 4.31 Å². The van der Waals surface area contributed by atoms with Gasteiger partial charge in [0.05, 0.1) is 16.0 Å². The first-order chi connectivity index (χ1) is 12.5. The maximum atomic E-state index is 13.5. The van der Waals surface area contributed by atoms with Gasteiger partial charge in [0.15, 0.2) is 0 Å². The van der Waals surface area contributed by atoms with Gasteiger partial charge in [-0.15, -0.1) is 0 Å². The van der Waals surface area contributed by atoms with E-state index in [9.17, 15) is 12.8 Å². The van der Waals surface area contributed by atoms with E-state index < -0.39 is 21.9 Å². The molecule has 1 atom stereocenters. The van der Waals surface area contributed by atoms with Gasteiger partial charge in [-0.3, -0.25) is 0 Å². The smallest absolute Gasteiger partial charge is 0.244 e. The van der Waals surface area contributed by atoms with Gasteiger partial charge in [0.1, 0.15) is 5.82 Å². The second kappa shape index (κ2) is 6.54. The fourth-order valence-corrected chi connectivity index (χ4v) is 5.22. The molecule has 26 heavy (non-hydrogen) atoms. The minimum atomic E-state index is -3.85. The Morgan fingerprint density at radius 2 is 1.77 bits per heavy atom. The minimum Gasteiger partial charge on any atom is -0.348 e. The molecule has 1 aliphatic heterocycles. The highest BCUT2D eigenvalue weighted by molar-refractivity contribution is 7.89. The van der Waals surface area contributed by atoms with Crippen LogP contribution in [0.25, 0.3) is 0 Å². The summed E-state index contributed by atoms with van der Waals surface area (Å²) < 4.78 is 43.6. The molecule has 1 unspecified atom stereocenters. The minimum absolute atomic E-state index is 0.00941. The van der Waals surface area contributed by atoms with Crippen molar-refractivity contribution in [2.45, 2.75) is 17.5 Å². The molecular formula is C19H16ClFN2O2S. The van der Waals surface area contributed by atoms with Crippen molar-refractivity contribution in [3.63, 3.8) is 0 Å². The van der Waals surface area contributed by atoms with Crippen LogP contribution in [0.3, 0.4) is 0 Å². The Balaban J connectivity index is 1.85. The molecule has 0 fully saturated rings. The molecule has 134 valence electrons. The summed E-state index contributed by atoms with van der Waals surface area (Å²) in [5.41, 5.74) is 1.78. The monoisotopic (exact) mass is 390 g/mol. The van der Waals surface area contributed by atoms with E-state index in [1.165, 1.54) is 16.4 Å². The zero-order chi connectivity index (χ0) is 18.3. The van der Waals surface area contributed by atoms with Crippen molar-refractivity contribution < 1.29 is 12.8 Å². The molecule has 0 saturated carbocycles. The van der Waals surface area contributed by atoms with Crippen molar-refractivity contribution >= 4 is 21.6 Å². The largest absolute Gasteiger partial charge is 0.348 e. The first-order valence-corrected chi connectivity index (χ1v) is 9.97. The standard InChI is InChI=1S/C19H16ClFN2O2S/c20-16-13-15(8-9-17(16)21)26(24,25)23-12-11-22-10-4-7-18(22)19(23)14-5-2-1-3-6-14/h1-10,13,19H,11-12H2. The molecule has 0 N–H and O–H groups in total. The maximum absolute atomic E-state index is 13.5. The average molecular weight is 391 g/mol. The highest BCUT2D eigenvalue weighted by atomic mass is 35.5. The maximum Gasteiger partial charge on any atom is 0.244 e. The van der Waals surface area contributed by atoms with Crippen molar-refractivity contribution in [2.24, 2.45) is 0 Å². The molecule has 4 nitrogen and oxygen atoms in total. The van der Waals surface area contributed by atoms with Crippen LogP contribution in [-0.2, 0) is 16.6 Å². The van der Waals surface area contributed by atoms with Crippen LogP contribution in [0.15, 0.2) is 71.8 Å². The van der Waals surface area contributed by atoms with Gasteiger partial charge >= 0.3 is 0 Å². The summed E-state index contributed by atoms with van der Waals surface area (Å²) in [5.74, 6) is -0.641. The van der Waals surface area contributed by atoms with E-state index in [2.05, 4.69) is 4.57 Å². The Kier molecular flexibility index (Phi) is 4.34. The van der Waals surface area contributed by atoms with Crippen LogP contribution >= 0.6 is 11.6 Å². The van der Waals surface area contributed by atoms with Gasteiger partial charge in [-0.25, -0.2) is 12.8 Å². The molecule has 0 spiro atoms. The molecule has 1 aliphatic rings. The molecule has 0 radical (unpaired) electrons. The van der Waals surface area contributed by atoms with Crippen LogP contribution in [0.5, 0.6) is 0 Å². The van der Waals surface area contributed by atoms with Gasteiger partial charge in [0, 0.05) is 25.0 Å².